The van der Waals surface area contributed by atoms with Crippen LogP contribution in [0.3, 0.4) is 0 Å². The van der Waals surface area contributed by atoms with Gasteiger partial charge in [-0.05, 0) is 26.2 Å². The minimum atomic E-state index is -0.455. The number of ether oxygens (including phenoxy) is 2. The van der Waals surface area contributed by atoms with Crippen LogP contribution in [-0.2, 0) is 14.3 Å². The summed E-state index contributed by atoms with van der Waals surface area (Å²) in [5, 5.41) is 0. The molecular formula is C11H20O3. The van der Waals surface area contributed by atoms with E-state index in [-0.39, 0.29) is 12.0 Å². The van der Waals surface area contributed by atoms with E-state index >= 15 is 0 Å². The van der Waals surface area contributed by atoms with Crippen LogP contribution in [0.1, 0.15) is 34.1 Å². The third-order valence-electron chi connectivity index (χ3n) is 2.64. The van der Waals surface area contributed by atoms with E-state index in [1.807, 2.05) is 20.8 Å². The first-order valence-electron chi connectivity index (χ1n) is 5.21. The van der Waals surface area contributed by atoms with Crippen LogP contribution in [0.5, 0.6) is 0 Å². The van der Waals surface area contributed by atoms with Gasteiger partial charge in [-0.2, -0.15) is 0 Å². The molecule has 82 valence electrons. The number of carbonyl (C=O) groups is 1. The van der Waals surface area contributed by atoms with Gasteiger partial charge in [0, 0.05) is 5.92 Å². The third-order valence-corrected chi connectivity index (χ3v) is 2.64. The summed E-state index contributed by atoms with van der Waals surface area (Å²) in [5.41, 5.74) is 0. The molecule has 0 N–H and O–H groups in total. The second-order valence-corrected chi connectivity index (χ2v) is 4.69. The van der Waals surface area contributed by atoms with Crippen LogP contribution in [0.2, 0.25) is 0 Å². The van der Waals surface area contributed by atoms with Gasteiger partial charge >= 0.3 is 0 Å². The summed E-state index contributed by atoms with van der Waals surface area (Å²) in [6.07, 6.45) is 2.00. The lowest BCUT2D eigenvalue weighted by Gasteiger charge is -2.21. The SMILES string of the molecule is C[C@H](C[C@@H](C)C=O)[C@@H]1COC(C)(C)O1. The van der Waals surface area contributed by atoms with Gasteiger partial charge in [-0.1, -0.05) is 13.8 Å². The van der Waals surface area contributed by atoms with Crippen molar-refractivity contribution in [1.29, 1.82) is 0 Å². The molecule has 0 aliphatic carbocycles. The first-order valence-corrected chi connectivity index (χ1v) is 5.21. The fraction of sp³-hybridized carbons (Fsp3) is 0.909. The van der Waals surface area contributed by atoms with E-state index in [4.69, 9.17) is 9.47 Å². The Morgan fingerprint density at radius 1 is 1.50 bits per heavy atom. The summed E-state index contributed by atoms with van der Waals surface area (Å²) in [7, 11) is 0. The van der Waals surface area contributed by atoms with Crippen molar-refractivity contribution in [2.75, 3.05) is 6.61 Å². The van der Waals surface area contributed by atoms with Crippen molar-refractivity contribution < 1.29 is 14.3 Å². The van der Waals surface area contributed by atoms with Crippen molar-refractivity contribution in [3.05, 3.63) is 0 Å². The Kier molecular flexibility index (Phi) is 3.67. The zero-order valence-corrected chi connectivity index (χ0v) is 9.45. The van der Waals surface area contributed by atoms with Crippen molar-refractivity contribution >= 4 is 6.29 Å². The molecule has 1 fully saturated rings. The van der Waals surface area contributed by atoms with E-state index in [1.165, 1.54) is 0 Å². The van der Waals surface area contributed by atoms with Gasteiger partial charge < -0.3 is 14.3 Å². The number of hydrogen-bond acceptors (Lipinski definition) is 3. The van der Waals surface area contributed by atoms with Gasteiger partial charge in [0.15, 0.2) is 5.79 Å². The molecule has 14 heavy (non-hydrogen) atoms. The Bertz CT molecular complexity index is 201. The van der Waals surface area contributed by atoms with Gasteiger partial charge in [0.25, 0.3) is 0 Å². The molecule has 1 heterocycles. The maximum absolute atomic E-state index is 10.5. The van der Waals surface area contributed by atoms with Crippen LogP contribution in [-0.4, -0.2) is 24.8 Å². The predicted molar refractivity (Wildman–Crippen MR) is 53.9 cm³/mol. The molecule has 1 saturated heterocycles. The molecule has 0 aromatic carbocycles. The molecule has 0 saturated carbocycles. The zero-order chi connectivity index (χ0) is 10.8. The summed E-state index contributed by atoms with van der Waals surface area (Å²) in [5.74, 6) is 0.0258. The molecule has 3 heteroatoms. The van der Waals surface area contributed by atoms with Crippen LogP contribution in [0.25, 0.3) is 0 Å². The van der Waals surface area contributed by atoms with Crippen LogP contribution < -0.4 is 0 Å². The van der Waals surface area contributed by atoms with Crippen LogP contribution in [0.15, 0.2) is 0 Å². The fourth-order valence-corrected chi connectivity index (χ4v) is 1.79. The van der Waals surface area contributed by atoms with Gasteiger partial charge in [0.1, 0.15) is 6.29 Å². The minimum Gasteiger partial charge on any atom is -0.348 e. The molecule has 1 aliphatic heterocycles. The van der Waals surface area contributed by atoms with Gasteiger partial charge in [-0.15, -0.1) is 0 Å². The first-order chi connectivity index (χ1) is 6.44. The number of rotatable bonds is 4. The van der Waals surface area contributed by atoms with Crippen LogP contribution in [0, 0.1) is 11.8 Å². The van der Waals surface area contributed by atoms with E-state index in [0.717, 1.165) is 12.7 Å². The lowest BCUT2D eigenvalue weighted by molar-refractivity contribution is -0.144. The lowest BCUT2D eigenvalue weighted by Crippen LogP contribution is -2.26. The second kappa shape index (κ2) is 4.41. The topological polar surface area (TPSA) is 35.5 Å². The molecule has 0 aromatic rings. The molecule has 0 aromatic heterocycles. The molecule has 0 bridgehead atoms. The average molecular weight is 200 g/mol. The Labute approximate surface area is 85.8 Å². The van der Waals surface area contributed by atoms with E-state index in [0.29, 0.717) is 12.5 Å². The molecule has 0 radical (unpaired) electrons. The summed E-state index contributed by atoms with van der Waals surface area (Å²) in [6, 6.07) is 0. The zero-order valence-electron chi connectivity index (χ0n) is 9.45. The molecule has 1 rings (SSSR count). The summed E-state index contributed by atoms with van der Waals surface area (Å²) >= 11 is 0. The van der Waals surface area contributed by atoms with Crippen LogP contribution in [0.4, 0.5) is 0 Å². The maximum Gasteiger partial charge on any atom is 0.163 e. The molecule has 3 nitrogen and oxygen atoms in total. The average Bonchev–Trinajstić information content (AvgIpc) is 2.46. The summed E-state index contributed by atoms with van der Waals surface area (Å²) in [6.45, 7) is 8.52. The minimum absolute atomic E-state index is 0.109. The van der Waals surface area contributed by atoms with Crippen molar-refractivity contribution in [1.82, 2.24) is 0 Å². The van der Waals surface area contributed by atoms with Crippen molar-refractivity contribution in [3.8, 4) is 0 Å². The maximum atomic E-state index is 10.5. The quantitative estimate of drug-likeness (QED) is 0.651. The highest BCUT2D eigenvalue weighted by atomic mass is 16.7. The Balaban J connectivity index is 2.39. The Hall–Kier alpha value is -0.410. The van der Waals surface area contributed by atoms with E-state index in [1.54, 1.807) is 0 Å². The first kappa shape index (κ1) is 11.7. The second-order valence-electron chi connectivity index (χ2n) is 4.69. The highest BCUT2D eigenvalue weighted by Crippen LogP contribution is 2.29. The van der Waals surface area contributed by atoms with E-state index < -0.39 is 5.79 Å². The standard InChI is InChI=1S/C11H20O3/c1-8(6-12)5-9(2)10-7-13-11(3,4)14-10/h6,8-10H,5,7H2,1-4H3/t8-,9-,10+/m1/s1. The van der Waals surface area contributed by atoms with Crippen LogP contribution >= 0.6 is 0 Å². The molecule has 0 unspecified atom stereocenters. The summed E-state index contributed by atoms with van der Waals surface area (Å²) < 4.78 is 11.2. The van der Waals surface area contributed by atoms with Gasteiger partial charge in [0.2, 0.25) is 0 Å². The highest BCUT2D eigenvalue weighted by molar-refractivity contribution is 5.52. The molecule has 0 amide bonds. The fourth-order valence-electron chi connectivity index (χ4n) is 1.79. The molecule has 1 aliphatic rings. The normalized spacial score (nSPS) is 29.9. The summed E-state index contributed by atoms with van der Waals surface area (Å²) in [4.78, 5) is 10.5. The predicted octanol–water partition coefficient (Wildman–Crippen LogP) is 2.00. The molecular weight excluding hydrogens is 180 g/mol. The smallest absolute Gasteiger partial charge is 0.163 e. The molecule has 3 atom stereocenters. The molecule has 0 spiro atoms. The van der Waals surface area contributed by atoms with Crippen molar-refractivity contribution in [3.63, 3.8) is 0 Å². The Morgan fingerprint density at radius 2 is 2.14 bits per heavy atom. The monoisotopic (exact) mass is 200 g/mol. The lowest BCUT2D eigenvalue weighted by atomic mass is 9.94. The Morgan fingerprint density at radius 3 is 2.57 bits per heavy atom. The van der Waals surface area contributed by atoms with Gasteiger partial charge in [-0.3, -0.25) is 0 Å². The number of aldehydes is 1. The highest BCUT2D eigenvalue weighted by Gasteiger charge is 2.35. The third kappa shape index (κ3) is 3.07. The van der Waals surface area contributed by atoms with Gasteiger partial charge in [-0.25, -0.2) is 0 Å². The van der Waals surface area contributed by atoms with Crippen molar-refractivity contribution in [2.45, 2.75) is 46.0 Å². The number of carbonyl (C=O) groups excluding carboxylic acids is 1. The van der Waals surface area contributed by atoms with E-state index in [9.17, 15) is 4.79 Å². The number of hydrogen-bond donors (Lipinski definition) is 0. The largest absolute Gasteiger partial charge is 0.348 e. The van der Waals surface area contributed by atoms with Gasteiger partial charge in [0.05, 0.1) is 12.7 Å². The van der Waals surface area contributed by atoms with Crippen molar-refractivity contribution in [2.24, 2.45) is 11.8 Å². The van der Waals surface area contributed by atoms with E-state index in [2.05, 4.69) is 6.92 Å².